The first-order valence-corrected chi connectivity index (χ1v) is 27.1. The molecule has 4 aromatic rings. The Labute approximate surface area is 381 Å². The topological polar surface area (TPSA) is 221 Å². The van der Waals surface area contributed by atoms with E-state index in [0.29, 0.717) is 43.6 Å². The van der Waals surface area contributed by atoms with Gasteiger partial charge in [-0.3, -0.25) is 18.5 Å². The molecule has 0 spiro atoms. The van der Waals surface area contributed by atoms with Gasteiger partial charge in [0.25, 0.3) is 30.4 Å². The maximum absolute atomic E-state index is 12.6. The molecule has 6 rings (SSSR count). The van der Waals surface area contributed by atoms with E-state index in [9.17, 15) is 52.1 Å². The van der Waals surface area contributed by atoms with E-state index in [-0.39, 0.29) is 46.5 Å². The van der Waals surface area contributed by atoms with Crippen LogP contribution in [0.3, 0.4) is 0 Å². The third-order valence-electron chi connectivity index (χ3n) is 12.4. The standard InChI is InChI=1S/C47H54N2O12S4/c1-8-48-39-23-21-35-31(3)27-33(63(53,54)55)28-37(35)44(39)46(4,5)42(48)19-13-10-14-20-43-47(6,7)45-38-29-34(64(56,57)58)30-41(65(59,60)61)36(38)22-24-40(45)49(43)25-15-11-12-17-32(50)18-16-26-62(51,52)9-2/h9-10,13-14,19-24,27-30H,2,8,11-12,15-18,25-26H2,1,3-7H3,(H2-,53,54,55,56,57,58,59,60,61)/p+1. The lowest BCUT2D eigenvalue weighted by molar-refractivity contribution is -0.438. The van der Waals surface area contributed by atoms with Gasteiger partial charge >= 0.3 is 0 Å². The maximum Gasteiger partial charge on any atom is 0.295 e. The number of likely N-dealkylation sites (N-methyl/N-ethyl adjacent to an activating group) is 1. The van der Waals surface area contributed by atoms with Crippen molar-refractivity contribution < 1.29 is 56.7 Å². The van der Waals surface area contributed by atoms with Crippen molar-refractivity contribution in [1.82, 2.24) is 0 Å². The number of anilines is 1. The molecule has 65 heavy (non-hydrogen) atoms. The average Bonchev–Trinajstić information content (AvgIpc) is 3.56. The number of hydrogen-bond donors (Lipinski definition) is 3. The third kappa shape index (κ3) is 9.99. The number of hydrogen-bond acceptors (Lipinski definition) is 10. The Morgan fingerprint density at radius 1 is 0.708 bits per heavy atom. The lowest BCUT2D eigenvalue weighted by Gasteiger charge is -2.26. The maximum atomic E-state index is 12.6. The van der Waals surface area contributed by atoms with Gasteiger partial charge in [0, 0.05) is 71.1 Å². The van der Waals surface area contributed by atoms with Gasteiger partial charge in [-0.15, -0.1) is 0 Å². The fourth-order valence-corrected chi connectivity index (χ4v) is 12.0. The highest BCUT2D eigenvalue weighted by Gasteiger charge is 2.46. The summed E-state index contributed by atoms with van der Waals surface area (Å²) in [7, 11) is -17.7. The van der Waals surface area contributed by atoms with Gasteiger partial charge in [-0.1, -0.05) is 44.7 Å². The number of fused-ring (bicyclic) bond motifs is 6. The number of sulfone groups is 1. The van der Waals surface area contributed by atoms with Crippen molar-refractivity contribution in [2.45, 2.75) is 106 Å². The fourth-order valence-electron chi connectivity index (χ4n) is 9.39. The van der Waals surface area contributed by atoms with E-state index in [1.165, 1.54) is 24.3 Å². The number of nitrogens with zero attached hydrogens (tertiary/aromatic N) is 2. The molecular weight excluding hydrogens is 913 g/mol. The van der Waals surface area contributed by atoms with Crippen LogP contribution in [-0.2, 0) is 55.8 Å². The molecule has 0 bridgehead atoms. The minimum absolute atomic E-state index is 0.0359. The van der Waals surface area contributed by atoms with Gasteiger partial charge in [-0.2, -0.15) is 29.8 Å². The van der Waals surface area contributed by atoms with Crippen LogP contribution in [-0.4, -0.2) is 82.2 Å². The molecule has 0 fully saturated rings. The quantitative estimate of drug-likeness (QED) is 0.0368. The van der Waals surface area contributed by atoms with Crippen LogP contribution >= 0.6 is 0 Å². The van der Waals surface area contributed by atoms with Crippen molar-refractivity contribution in [3.05, 3.63) is 113 Å². The summed E-state index contributed by atoms with van der Waals surface area (Å²) in [5, 5.41) is 2.78. The summed E-state index contributed by atoms with van der Waals surface area (Å²) in [6.45, 7) is 16.2. The van der Waals surface area contributed by atoms with Crippen molar-refractivity contribution in [3.63, 3.8) is 0 Å². The first-order chi connectivity index (χ1) is 30.1. The number of carbonyl (C=O) groups is 1. The molecule has 4 aromatic carbocycles. The lowest BCUT2D eigenvalue weighted by atomic mass is 9.79. The van der Waals surface area contributed by atoms with Gasteiger partial charge in [-0.05, 0) is 117 Å². The number of allylic oxidation sites excluding steroid dienone is 6. The largest absolute Gasteiger partial charge is 0.344 e. The van der Waals surface area contributed by atoms with Crippen LogP contribution in [0, 0.1) is 6.92 Å². The molecule has 2 aliphatic heterocycles. The Hall–Kier alpha value is -4.82. The molecule has 0 saturated heterocycles. The molecule has 2 heterocycles. The Morgan fingerprint density at radius 3 is 1.94 bits per heavy atom. The van der Waals surface area contributed by atoms with Gasteiger partial charge in [0.2, 0.25) is 5.69 Å². The zero-order valence-electron chi connectivity index (χ0n) is 37.2. The van der Waals surface area contributed by atoms with Crippen molar-refractivity contribution in [1.29, 1.82) is 0 Å². The van der Waals surface area contributed by atoms with Crippen LogP contribution in [0.15, 0.2) is 111 Å². The second-order valence-corrected chi connectivity index (χ2v) is 23.8. The van der Waals surface area contributed by atoms with Crippen LogP contribution in [0.25, 0.3) is 21.5 Å². The third-order valence-corrected chi connectivity index (χ3v) is 16.4. The summed E-state index contributed by atoms with van der Waals surface area (Å²) >= 11 is 0. The minimum atomic E-state index is -4.94. The molecule has 0 unspecified atom stereocenters. The fraction of sp³-hybridized carbons (Fsp3) is 0.362. The number of carbonyl (C=O) groups excluding carboxylic acids is 1. The van der Waals surface area contributed by atoms with Crippen molar-refractivity contribution >= 4 is 84.6 Å². The highest BCUT2D eigenvalue weighted by atomic mass is 32.2. The first kappa shape index (κ1) is 49.6. The molecule has 0 atom stereocenters. The van der Waals surface area contributed by atoms with Gasteiger partial charge < -0.3 is 4.90 Å². The summed E-state index contributed by atoms with van der Waals surface area (Å²) in [4.78, 5) is 13.2. The van der Waals surface area contributed by atoms with E-state index in [0.717, 1.165) is 50.5 Å². The molecule has 0 amide bonds. The van der Waals surface area contributed by atoms with E-state index in [2.05, 4.69) is 29.9 Å². The minimum Gasteiger partial charge on any atom is -0.344 e. The SMILES string of the molecule is C=CS(=O)(=O)CCCC(=O)CCCCC[N+]1=C(C=CC=CC=C2N(CC)c3ccc4c(C)cc(S(=O)(=O)O)cc4c3C2(C)C)C(C)(C)c2c1ccc1c(S(=O)(=O)O)cc(S(=O)(=O)O)cc21. The van der Waals surface area contributed by atoms with Crippen molar-refractivity contribution in [3.8, 4) is 0 Å². The number of benzene rings is 4. The van der Waals surface area contributed by atoms with Crippen molar-refractivity contribution in [2.75, 3.05) is 23.7 Å². The van der Waals surface area contributed by atoms with Crippen molar-refractivity contribution in [2.24, 2.45) is 0 Å². The molecule has 348 valence electrons. The highest BCUT2D eigenvalue weighted by Crippen LogP contribution is 2.51. The van der Waals surface area contributed by atoms with Crippen LogP contribution in [0.1, 0.15) is 89.8 Å². The Kier molecular flexibility index (Phi) is 13.8. The first-order valence-electron chi connectivity index (χ1n) is 21.1. The summed E-state index contributed by atoms with van der Waals surface area (Å²) in [5.74, 6) is -0.174. The summed E-state index contributed by atoms with van der Waals surface area (Å²) < 4.78 is 130. The number of aryl methyl sites for hydroxylation is 1. The molecule has 3 N–H and O–H groups in total. The zero-order valence-corrected chi connectivity index (χ0v) is 40.5. The Balaban J connectivity index is 1.36. The number of Topliss-reactive ketones (excluding diaryl/α,β-unsaturated/α-hetero) is 1. The average molecular weight is 968 g/mol. The Morgan fingerprint density at radius 2 is 1.32 bits per heavy atom. The van der Waals surface area contributed by atoms with E-state index < -0.39 is 60.8 Å². The molecule has 0 saturated carbocycles. The van der Waals surface area contributed by atoms with Crippen LogP contribution < -0.4 is 4.90 Å². The zero-order chi connectivity index (χ0) is 48.1. The van der Waals surface area contributed by atoms with Gasteiger partial charge in [0.15, 0.2) is 15.5 Å². The number of ketones is 1. The van der Waals surface area contributed by atoms with Crippen LogP contribution in [0.4, 0.5) is 11.4 Å². The number of rotatable bonds is 18. The lowest BCUT2D eigenvalue weighted by Crippen LogP contribution is -2.28. The van der Waals surface area contributed by atoms with Gasteiger partial charge in [-0.25, -0.2) is 8.42 Å². The molecule has 0 aromatic heterocycles. The molecule has 14 nitrogen and oxygen atoms in total. The molecule has 0 radical (unpaired) electrons. The monoisotopic (exact) mass is 967 g/mol. The van der Waals surface area contributed by atoms with E-state index >= 15 is 0 Å². The van der Waals surface area contributed by atoms with Gasteiger partial charge in [0.1, 0.15) is 17.2 Å². The van der Waals surface area contributed by atoms with E-state index in [1.54, 1.807) is 6.07 Å². The predicted molar refractivity (Wildman–Crippen MR) is 254 cm³/mol. The Bertz CT molecular complexity index is 3230. The summed E-state index contributed by atoms with van der Waals surface area (Å²) in [6.07, 6.45) is 12.0. The molecule has 2 aliphatic rings. The smallest absolute Gasteiger partial charge is 0.295 e. The second-order valence-electron chi connectivity index (χ2n) is 17.5. The van der Waals surface area contributed by atoms with E-state index in [1.807, 2.05) is 70.2 Å². The second kappa shape index (κ2) is 18.1. The number of unbranched alkanes of at least 4 members (excludes halogenated alkanes) is 2. The summed E-state index contributed by atoms with van der Waals surface area (Å²) in [6, 6.07) is 12.1. The predicted octanol–water partition coefficient (Wildman–Crippen LogP) is 8.70. The van der Waals surface area contributed by atoms with Gasteiger partial charge in [0.05, 0.1) is 21.0 Å². The van der Waals surface area contributed by atoms with Crippen LogP contribution in [0.2, 0.25) is 0 Å². The summed E-state index contributed by atoms with van der Waals surface area (Å²) in [5.41, 5.74) is 4.08. The molecule has 18 heteroatoms. The van der Waals surface area contributed by atoms with Crippen LogP contribution in [0.5, 0.6) is 0 Å². The molecular formula is C47H55N2O12S4+. The normalized spacial score (nSPS) is 17.0. The molecule has 0 aliphatic carbocycles. The van der Waals surface area contributed by atoms with E-state index in [4.69, 9.17) is 0 Å². The highest BCUT2D eigenvalue weighted by molar-refractivity contribution is 7.94.